The molecule has 6 N–H and O–H groups in total. The lowest BCUT2D eigenvalue weighted by Gasteiger charge is -2.40. The zero-order valence-electron chi connectivity index (χ0n) is 33.8. The van der Waals surface area contributed by atoms with E-state index in [-0.39, 0.29) is 0 Å². The third-order valence-corrected chi connectivity index (χ3v) is 12.5. The fraction of sp³-hybridized carbons (Fsp3) is 0.929. The van der Waals surface area contributed by atoms with Crippen LogP contribution in [0.1, 0.15) is 167 Å². The van der Waals surface area contributed by atoms with Crippen LogP contribution in [0.3, 0.4) is 0 Å². The molecule has 0 spiro atoms. The van der Waals surface area contributed by atoms with Crippen LogP contribution in [-0.2, 0) is 16.0 Å². The highest BCUT2D eigenvalue weighted by Gasteiger charge is 2.45. The van der Waals surface area contributed by atoms with E-state index in [1.54, 1.807) is 0 Å². The van der Waals surface area contributed by atoms with E-state index in [4.69, 9.17) is 9.47 Å². The van der Waals surface area contributed by atoms with Crippen molar-refractivity contribution in [2.45, 2.75) is 217 Å². The van der Waals surface area contributed by atoms with Gasteiger partial charge in [0.05, 0.1) is 19.3 Å². The van der Waals surface area contributed by atoms with E-state index in [2.05, 4.69) is 29.5 Å². The highest BCUT2D eigenvalue weighted by atomic mass is 16.7. The molecule has 1 saturated heterocycles. The number of nitrogens with zero attached hydrogens (tertiary/aromatic N) is 4. The third kappa shape index (κ3) is 14.9. The summed E-state index contributed by atoms with van der Waals surface area (Å²) in [7, 11) is 0. The Balaban J connectivity index is 1.19. The molecular formula is C42H76N4O9. The van der Waals surface area contributed by atoms with Crippen molar-refractivity contribution in [1.29, 1.82) is 0 Å². The summed E-state index contributed by atoms with van der Waals surface area (Å²) in [6, 6.07) is -1.18. The Morgan fingerprint density at radius 2 is 1.36 bits per heavy atom. The summed E-state index contributed by atoms with van der Waals surface area (Å²) in [6.45, 7) is 1.56. The van der Waals surface area contributed by atoms with Crippen LogP contribution in [0, 0.1) is 17.8 Å². The van der Waals surface area contributed by atoms with Crippen molar-refractivity contribution in [3.05, 3.63) is 22.6 Å². The normalized spacial score (nSPS) is 27.9. The number of tetrazole rings is 1. The average Bonchev–Trinajstić information content (AvgIpc) is 3.92. The molecule has 1 aliphatic heterocycles. The zero-order valence-corrected chi connectivity index (χ0v) is 33.8. The van der Waals surface area contributed by atoms with Crippen LogP contribution in [0.2, 0.25) is 0 Å². The molecule has 2 heterocycles. The first-order chi connectivity index (χ1) is 26.7. The number of aryl methyl sites for hydroxylation is 1. The van der Waals surface area contributed by atoms with Crippen molar-refractivity contribution in [3.63, 3.8) is 0 Å². The molecule has 1 saturated carbocycles. The Hall–Kier alpha value is -1.71. The molecule has 13 heteroatoms. The van der Waals surface area contributed by atoms with E-state index in [1.807, 2.05) is 0 Å². The van der Waals surface area contributed by atoms with Gasteiger partial charge in [-0.2, -0.15) is 9.36 Å². The van der Waals surface area contributed by atoms with Gasteiger partial charge in [-0.15, -0.1) is 0 Å². The van der Waals surface area contributed by atoms with Gasteiger partial charge < -0.3 is 40.1 Å². The van der Waals surface area contributed by atoms with Crippen molar-refractivity contribution in [2.24, 2.45) is 17.8 Å². The molecule has 1 aromatic heterocycles. The topological polar surface area (TPSA) is 193 Å². The molecule has 2 bridgehead atoms. The molecule has 2 fully saturated rings. The number of ether oxygens (including phenoxy) is 2. The molecule has 13 nitrogen and oxygen atoms in total. The van der Waals surface area contributed by atoms with Crippen LogP contribution < -0.4 is 5.69 Å². The Morgan fingerprint density at radius 1 is 0.764 bits per heavy atom. The first-order valence-corrected chi connectivity index (χ1v) is 22.2. The largest absolute Gasteiger partial charge is 0.394 e. The van der Waals surface area contributed by atoms with Crippen LogP contribution in [0.15, 0.2) is 16.9 Å². The summed E-state index contributed by atoms with van der Waals surface area (Å²) in [5, 5.41) is 71.0. The molecule has 0 aromatic carbocycles. The molecule has 11 atom stereocenters. The number of fused-ring (bicyclic) bond motifs is 2. The van der Waals surface area contributed by atoms with Gasteiger partial charge in [-0.1, -0.05) is 141 Å². The maximum atomic E-state index is 13.5. The second kappa shape index (κ2) is 25.6. The van der Waals surface area contributed by atoms with E-state index in [9.17, 15) is 35.4 Å². The summed E-state index contributed by atoms with van der Waals surface area (Å²) >= 11 is 0. The number of allylic oxidation sites excluding steroid dienone is 2. The van der Waals surface area contributed by atoms with E-state index < -0.39 is 67.9 Å². The molecule has 0 radical (unpaired) electrons. The van der Waals surface area contributed by atoms with Crippen LogP contribution in [0.4, 0.5) is 0 Å². The summed E-state index contributed by atoms with van der Waals surface area (Å²) < 4.78 is 13.5. The second-order valence-corrected chi connectivity index (χ2v) is 16.9. The lowest BCUT2D eigenvalue weighted by Crippen LogP contribution is -2.59. The first kappa shape index (κ1) is 46.0. The number of hydrogen-bond donors (Lipinski definition) is 6. The Kier molecular flexibility index (Phi) is 21.4. The van der Waals surface area contributed by atoms with Crippen molar-refractivity contribution < 1.29 is 40.1 Å². The van der Waals surface area contributed by atoms with Gasteiger partial charge in [0.25, 0.3) is 0 Å². The van der Waals surface area contributed by atoms with Gasteiger partial charge in [-0.3, -0.25) is 0 Å². The van der Waals surface area contributed by atoms with Gasteiger partial charge in [0, 0.05) is 6.54 Å². The van der Waals surface area contributed by atoms with Gasteiger partial charge in [0.15, 0.2) is 6.29 Å². The summed E-state index contributed by atoms with van der Waals surface area (Å²) in [6.07, 6.45) is 22.4. The van der Waals surface area contributed by atoms with E-state index in [0.717, 1.165) is 61.0 Å². The second-order valence-electron chi connectivity index (χ2n) is 16.9. The number of hydrogen-bond acceptors (Lipinski definition) is 11. The molecule has 0 amide bonds. The van der Waals surface area contributed by atoms with Crippen LogP contribution in [-0.4, -0.2) is 107 Å². The minimum atomic E-state index is -1.65. The predicted octanol–water partition coefficient (Wildman–Crippen LogP) is 5.33. The highest BCUT2D eigenvalue weighted by molar-refractivity contribution is 5.09. The molecule has 2 aliphatic carbocycles. The SMILES string of the molecule is CCCCCCCCCCCCCC[C@@H](O)[C@@H](O)[C@H](COC1OC(CO)C(O)C(O)C1O)n1nnn(CCCCCCCCCC[C@H]2C[C@H]3C=C[C@@H]2C3)c1=O. The maximum Gasteiger partial charge on any atom is 0.364 e. The number of aliphatic hydroxyl groups is 6. The van der Waals surface area contributed by atoms with Gasteiger partial charge >= 0.3 is 5.69 Å². The van der Waals surface area contributed by atoms with Gasteiger partial charge in [0.1, 0.15) is 36.6 Å². The molecule has 5 unspecified atom stereocenters. The molecule has 55 heavy (non-hydrogen) atoms. The Morgan fingerprint density at radius 3 is 1.95 bits per heavy atom. The van der Waals surface area contributed by atoms with Crippen LogP contribution in [0.25, 0.3) is 0 Å². The molecular weight excluding hydrogens is 704 g/mol. The highest BCUT2D eigenvalue weighted by Crippen LogP contribution is 2.45. The van der Waals surface area contributed by atoms with Crippen molar-refractivity contribution in [2.75, 3.05) is 13.2 Å². The van der Waals surface area contributed by atoms with Gasteiger partial charge in [-0.25, -0.2) is 4.79 Å². The maximum absolute atomic E-state index is 13.5. The monoisotopic (exact) mass is 781 g/mol. The lowest BCUT2D eigenvalue weighted by molar-refractivity contribution is -0.304. The van der Waals surface area contributed by atoms with Gasteiger partial charge in [0.2, 0.25) is 0 Å². The first-order valence-electron chi connectivity index (χ1n) is 22.2. The summed E-state index contributed by atoms with van der Waals surface area (Å²) in [5.41, 5.74) is -0.551. The number of aliphatic hydroxyl groups excluding tert-OH is 6. The van der Waals surface area contributed by atoms with Crippen LogP contribution in [0.5, 0.6) is 0 Å². The van der Waals surface area contributed by atoms with Crippen molar-refractivity contribution in [3.8, 4) is 0 Å². The van der Waals surface area contributed by atoms with E-state index in [0.29, 0.717) is 19.4 Å². The quantitative estimate of drug-likeness (QED) is 0.0422. The molecule has 318 valence electrons. The molecule has 3 aliphatic rings. The van der Waals surface area contributed by atoms with Crippen molar-refractivity contribution >= 4 is 0 Å². The number of rotatable bonds is 31. The van der Waals surface area contributed by atoms with Crippen LogP contribution >= 0.6 is 0 Å². The summed E-state index contributed by atoms with van der Waals surface area (Å²) in [4.78, 5) is 13.5. The van der Waals surface area contributed by atoms with E-state index >= 15 is 0 Å². The number of unbranched alkanes of at least 4 members (excludes halogenated alkanes) is 18. The zero-order chi connectivity index (χ0) is 39.4. The van der Waals surface area contributed by atoms with Gasteiger partial charge in [-0.05, 0) is 60.3 Å². The Labute approximate surface area is 329 Å². The number of aromatic nitrogens is 4. The average molecular weight is 781 g/mol. The van der Waals surface area contributed by atoms with Crippen molar-refractivity contribution in [1.82, 2.24) is 19.8 Å². The smallest absolute Gasteiger partial charge is 0.364 e. The standard InChI is InChI=1S/C42H76N4O9/c1-2-3-4-5-6-7-8-9-10-14-17-20-23-35(48)37(49)34(30-54-41-40(52)39(51)38(50)36(29-47)55-41)46-42(53)45(43-44-46)26-21-18-15-12-11-13-16-19-22-32-27-31-24-25-33(32)28-31/h24-25,31-41,47-52H,2-23,26-30H2,1H3/t31-,32+,33-,34+,35-,36?,37+,38?,39?,40?,41?/m1/s1. The van der Waals surface area contributed by atoms with E-state index in [1.165, 1.54) is 107 Å². The Bertz CT molecular complexity index is 1240. The molecule has 1 aromatic rings. The lowest BCUT2D eigenvalue weighted by atomic mass is 9.88. The molecule has 4 rings (SSSR count). The minimum Gasteiger partial charge on any atom is -0.394 e. The summed E-state index contributed by atoms with van der Waals surface area (Å²) in [5.74, 6) is 2.62. The fourth-order valence-electron chi connectivity index (χ4n) is 8.92. The minimum absolute atomic E-state index is 0.316. The third-order valence-electron chi connectivity index (χ3n) is 12.5. The predicted molar refractivity (Wildman–Crippen MR) is 211 cm³/mol. The fourth-order valence-corrected chi connectivity index (χ4v) is 8.92.